The van der Waals surface area contributed by atoms with Crippen LogP contribution in [0.1, 0.15) is 36.9 Å². The van der Waals surface area contributed by atoms with Crippen molar-refractivity contribution in [2.24, 2.45) is 5.92 Å². The van der Waals surface area contributed by atoms with Gasteiger partial charge in [-0.15, -0.1) is 5.10 Å². The number of esters is 1. The molecule has 4 aromatic rings. The zero-order valence-electron chi connectivity index (χ0n) is 23.0. The summed E-state index contributed by atoms with van der Waals surface area (Å²) >= 11 is 0. The molecule has 0 fully saturated rings. The Labute approximate surface area is 236 Å². The third-order valence-electron chi connectivity index (χ3n) is 6.30. The summed E-state index contributed by atoms with van der Waals surface area (Å²) < 4.78 is 28.9. The monoisotopic (exact) mass is 562 g/mol. The van der Waals surface area contributed by atoms with Crippen LogP contribution in [0.2, 0.25) is 0 Å². The van der Waals surface area contributed by atoms with Crippen LogP contribution in [-0.4, -0.2) is 47.8 Å². The van der Waals surface area contributed by atoms with Crippen LogP contribution < -0.4 is 20.3 Å². The fraction of sp³-hybridized carbons (Fsp3) is 0.276. The predicted octanol–water partition coefficient (Wildman–Crippen LogP) is 5.81. The van der Waals surface area contributed by atoms with E-state index in [0.717, 1.165) is 25.2 Å². The van der Waals surface area contributed by atoms with Crippen molar-refractivity contribution < 1.29 is 27.9 Å². The molecule has 2 aromatic carbocycles. The molecule has 1 amide bonds. The molecule has 2 N–H and O–H groups in total. The van der Waals surface area contributed by atoms with E-state index in [1.807, 2.05) is 11.9 Å². The van der Waals surface area contributed by atoms with Gasteiger partial charge in [0.25, 0.3) is 0 Å². The van der Waals surface area contributed by atoms with E-state index >= 15 is 0 Å². The number of hydrogen-bond acceptors (Lipinski definition) is 10. The molecule has 0 saturated carbocycles. The number of rotatable bonds is 13. The number of pyridine rings is 1. The highest BCUT2D eigenvalue weighted by molar-refractivity contribution is 6.00. The molecular weight excluding hydrogens is 531 g/mol. The molecule has 2 heterocycles. The molecule has 0 radical (unpaired) electrons. The minimum atomic E-state index is -0.579. The molecule has 214 valence electrons. The van der Waals surface area contributed by atoms with E-state index in [4.69, 9.17) is 13.9 Å². The molecule has 0 aliphatic heterocycles. The van der Waals surface area contributed by atoms with Gasteiger partial charge in [-0.2, -0.15) is 0 Å². The van der Waals surface area contributed by atoms with Crippen LogP contribution in [0.5, 0.6) is 11.5 Å². The summed E-state index contributed by atoms with van der Waals surface area (Å²) in [6.07, 6.45) is 3.64. The van der Waals surface area contributed by atoms with Gasteiger partial charge in [-0.25, -0.2) is 9.37 Å². The fourth-order valence-electron chi connectivity index (χ4n) is 3.86. The highest BCUT2D eigenvalue weighted by Gasteiger charge is 2.17. The molecule has 2 aromatic heterocycles. The average Bonchev–Trinajstić information content (AvgIpc) is 3.46. The Morgan fingerprint density at radius 3 is 2.32 bits per heavy atom. The van der Waals surface area contributed by atoms with Crippen molar-refractivity contribution in [3.63, 3.8) is 0 Å². The Balaban J connectivity index is 1.26. The zero-order valence-corrected chi connectivity index (χ0v) is 23.0. The SMILES string of the molecule is CCC(CCN(C)c1ccc(NC(=O)c2nnc(Nc3ccc(Oc4ccc(F)cc4)cc3)o2)cn1)CC(=O)OC. The van der Waals surface area contributed by atoms with Crippen molar-refractivity contribution in [1.29, 1.82) is 0 Å². The second-order valence-electron chi connectivity index (χ2n) is 9.24. The molecule has 12 heteroatoms. The third-order valence-corrected chi connectivity index (χ3v) is 6.30. The maximum absolute atomic E-state index is 13.1. The number of benzene rings is 2. The van der Waals surface area contributed by atoms with E-state index in [0.29, 0.717) is 29.3 Å². The minimum absolute atomic E-state index is 0.0371. The van der Waals surface area contributed by atoms with E-state index in [1.54, 1.807) is 42.6 Å². The van der Waals surface area contributed by atoms with Crippen molar-refractivity contribution >= 4 is 35.1 Å². The number of anilines is 4. The van der Waals surface area contributed by atoms with Gasteiger partial charge < -0.3 is 29.4 Å². The van der Waals surface area contributed by atoms with E-state index in [9.17, 15) is 14.0 Å². The lowest BCUT2D eigenvalue weighted by atomic mass is 9.98. The van der Waals surface area contributed by atoms with Gasteiger partial charge in [0.2, 0.25) is 0 Å². The molecule has 0 aliphatic carbocycles. The molecule has 0 saturated heterocycles. The molecule has 11 nitrogen and oxygen atoms in total. The van der Waals surface area contributed by atoms with Gasteiger partial charge in [-0.3, -0.25) is 9.59 Å². The molecule has 0 bridgehead atoms. The maximum Gasteiger partial charge on any atom is 0.320 e. The van der Waals surface area contributed by atoms with E-state index in [2.05, 4.69) is 32.7 Å². The number of aromatic nitrogens is 3. The summed E-state index contributed by atoms with van der Waals surface area (Å²) in [7, 11) is 3.32. The van der Waals surface area contributed by atoms with Crippen LogP contribution in [0.25, 0.3) is 0 Å². The van der Waals surface area contributed by atoms with Gasteiger partial charge in [-0.1, -0.05) is 18.4 Å². The van der Waals surface area contributed by atoms with Gasteiger partial charge in [-0.05, 0) is 73.0 Å². The topological polar surface area (TPSA) is 132 Å². The summed E-state index contributed by atoms with van der Waals surface area (Å²) in [5.74, 6) is 0.690. The molecular formula is C29H31FN6O5. The van der Waals surface area contributed by atoms with Crippen molar-refractivity contribution in [1.82, 2.24) is 15.2 Å². The van der Waals surface area contributed by atoms with Crippen molar-refractivity contribution in [2.75, 3.05) is 36.2 Å². The number of amides is 1. The van der Waals surface area contributed by atoms with Crippen LogP contribution >= 0.6 is 0 Å². The molecule has 1 atom stereocenters. The smallest absolute Gasteiger partial charge is 0.320 e. The molecule has 0 spiro atoms. The fourth-order valence-corrected chi connectivity index (χ4v) is 3.86. The van der Waals surface area contributed by atoms with Crippen molar-refractivity contribution in [3.8, 4) is 11.5 Å². The first-order valence-corrected chi connectivity index (χ1v) is 13.0. The first-order chi connectivity index (χ1) is 19.8. The first kappa shape index (κ1) is 29.0. The normalized spacial score (nSPS) is 11.4. The Morgan fingerprint density at radius 1 is 1.00 bits per heavy atom. The minimum Gasteiger partial charge on any atom is -0.469 e. The summed E-state index contributed by atoms with van der Waals surface area (Å²) in [6.45, 7) is 2.77. The van der Waals surface area contributed by atoms with Crippen LogP contribution in [0.4, 0.5) is 27.6 Å². The number of ether oxygens (including phenoxy) is 2. The van der Waals surface area contributed by atoms with Gasteiger partial charge in [0.15, 0.2) is 0 Å². The van der Waals surface area contributed by atoms with E-state index in [1.165, 1.54) is 31.4 Å². The van der Waals surface area contributed by atoms with Crippen molar-refractivity contribution in [2.45, 2.75) is 26.2 Å². The number of nitrogens with zero attached hydrogens (tertiary/aromatic N) is 4. The lowest BCUT2D eigenvalue weighted by Gasteiger charge is -2.21. The largest absolute Gasteiger partial charge is 0.469 e. The second kappa shape index (κ2) is 13.9. The quantitative estimate of drug-likeness (QED) is 0.193. The van der Waals surface area contributed by atoms with Crippen LogP contribution in [0.3, 0.4) is 0 Å². The highest BCUT2D eigenvalue weighted by Crippen LogP contribution is 2.25. The predicted molar refractivity (Wildman–Crippen MR) is 151 cm³/mol. The Hall–Kier alpha value is -5.00. The molecule has 0 aliphatic rings. The molecule has 4 rings (SSSR count). The van der Waals surface area contributed by atoms with E-state index < -0.39 is 5.91 Å². The first-order valence-electron chi connectivity index (χ1n) is 13.0. The van der Waals surface area contributed by atoms with Crippen molar-refractivity contribution in [3.05, 3.63) is 78.6 Å². The number of carbonyl (C=O) groups is 2. The van der Waals surface area contributed by atoms with Crippen LogP contribution in [0.15, 0.2) is 71.3 Å². The molecule has 1 unspecified atom stereocenters. The number of nitrogens with one attached hydrogen (secondary N) is 2. The standard InChI is InChI=1S/C29H31FN6O5/c1-4-19(17-26(37)39-3)15-16-36(2)25-14-9-22(18-31-25)32-27(38)28-34-35-29(41-28)33-21-7-12-24(13-8-21)40-23-10-5-20(30)6-11-23/h5-14,18-19H,4,15-17H2,1-3H3,(H,32,38)(H,33,35). The number of methoxy groups -OCH3 is 1. The second-order valence-corrected chi connectivity index (χ2v) is 9.24. The van der Waals surface area contributed by atoms with E-state index in [-0.39, 0.29) is 29.6 Å². The van der Waals surface area contributed by atoms with Gasteiger partial charge >= 0.3 is 23.8 Å². The third kappa shape index (κ3) is 8.49. The highest BCUT2D eigenvalue weighted by atomic mass is 19.1. The van der Waals surface area contributed by atoms with Gasteiger partial charge in [0, 0.05) is 25.7 Å². The number of halogens is 1. The lowest BCUT2D eigenvalue weighted by molar-refractivity contribution is -0.141. The van der Waals surface area contributed by atoms with Crippen LogP contribution in [0, 0.1) is 11.7 Å². The Kier molecular flexibility index (Phi) is 9.81. The summed E-state index contributed by atoms with van der Waals surface area (Å²) in [5.41, 5.74) is 1.10. The zero-order chi connectivity index (χ0) is 29.2. The van der Waals surface area contributed by atoms with Crippen LogP contribution in [-0.2, 0) is 9.53 Å². The Bertz CT molecular complexity index is 1430. The number of hydrogen-bond donors (Lipinski definition) is 2. The lowest BCUT2D eigenvalue weighted by Crippen LogP contribution is -2.23. The van der Waals surface area contributed by atoms with Gasteiger partial charge in [0.1, 0.15) is 23.1 Å². The average molecular weight is 563 g/mol. The van der Waals surface area contributed by atoms with Gasteiger partial charge in [0.05, 0.1) is 19.0 Å². The summed E-state index contributed by atoms with van der Waals surface area (Å²) in [6, 6.07) is 16.2. The number of carbonyl (C=O) groups excluding carboxylic acids is 2. The summed E-state index contributed by atoms with van der Waals surface area (Å²) in [4.78, 5) is 30.6. The molecule has 41 heavy (non-hydrogen) atoms. The summed E-state index contributed by atoms with van der Waals surface area (Å²) in [5, 5.41) is 13.3. The Morgan fingerprint density at radius 2 is 1.68 bits per heavy atom. The maximum atomic E-state index is 13.1.